The molecule has 2 unspecified atom stereocenters. The minimum absolute atomic E-state index is 0. The molecule has 1 saturated heterocycles. The molecule has 7 heteroatoms. The third-order valence-electron chi connectivity index (χ3n) is 3.07. The van der Waals surface area contributed by atoms with Crippen molar-refractivity contribution >= 4 is 17.6 Å². The summed E-state index contributed by atoms with van der Waals surface area (Å²) in [6, 6.07) is -0.365. The monoisotopic (exact) mass is 486 g/mol. The molecule has 1 rings (SSSR count). The van der Waals surface area contributed by atoms with Gasteiger partial charge in [0, 0.05) is 65.4 Å². The molecule has 134 valence electrons. The zero-order chi connectivity index (χ0) is 17.0. The van der Waals surface area contributed by atoms with Crippen LogP contribution in [0, 0.1) is 26.7 Å². The normalized spacial score (nSPS) is 18.1. The number of urea groups is 1. The molecule has 5 nitrogen and oxygen atoms in total. The molecule has 1 aliphatic heterocycles. The van der Waals surface area contributed by atoms with Gasteiger partial charge in [-0.2, -0.15) is 12.8 Å². The molecule has 0 aromatic carbocycles. The molecule has 0 aromatic heterocycles. The maximum Gasteiger partial charge on any atom is 0.310 e. The number of ketones is 2. The van der Waals surface area contributed by atoms with Gasteiger partial charge in [0.1, 0.15) is 11.6 Å². The number of hydrogen-bond acceptors (Lipinski definition) is 3. The van der Waals surface area contributed by atoms with Crippen LogP contribution >= 0.6 is 0 Å². The SMILES string of the molecule is [CH2-]C1NC(=O)NC1[CH-]CCC(C)=O.[CH2-]CC[CH-]CCC(C)=O.[Y].[Y]. The number of hydrogen-bond donors (Lipinski definition) is 2. The number of amides is 2. The molecule has 1 aliphatic rings. The van der Waals surface area contributed by atoms with Crippen LogP contribution in [-0.4, -0.2) is 29.7 Å². The van der Waals surface area contributed by atoms with E-state index in [0.29, 0.717) is 19.3 Å². The number of carbonyl (C=O) groups excluding carboxylic acids is 3. The first-order valence-electron chi connectivity index (χ1n) is 7.70. The van der Waals surface area contributed by atoms with Crippen LogP contribution in [0.2, 0.25) is 0 Å². The van der Waals surface area contributed by atoms with Gasteiger partial charge in [-0.15, -0.1) is 12.1 Å². The Bertz CT molecular complexity index is 366. The first kappa shape index (κ1) is 29.6. The van der Waals surface area contributed by atoms with Gasteiger partial charge in [-0.05, 0) is 26.7 Å². The van der Waals surface area contributed by atoms with E-state index in [0.717, 1.165) is 19.3 Å². The molecule has 1 heterocycles. The number of nitrogens with one attached hydrogen (secondary N) is 2. The molecule has 2 atom stereocenters. The summed E-state index contributed by atoms with van der Waals surface area (Å²) in [6.07, 6.45) is 8.84. The molecule has 0 aromatic rings. The molecule has 24 heavy (non-hydrogen) atoms. The molecular weight excluding hydrogens is 458 g/mol. The predicted octanol–water partition coefficient (Wildman–Crippen LogP) is 2.61. The van der Waals surface area contributed by atoms with Crippen LogP contribution in [-0.2, 0) is 75.0 Å². The topological polar surface area (TPSA) is 75.3 Å². The van der Waals surface area contributed by atoms with Gasteiger partial charge in [-0.25, -0.2) is 17.6 Å². The van der Waals surface area contributed by atoms with Gasteiger partial charge in [-0.1, -0.05) is 0 Å². The van der Waals surface area contributed by atoms with E-state index < -0.39 is 0 Å². The molecule has 2 radical (unpaired) electrons. The molecule has 2 N–H and O–H groups in total. The summed E-state index contributed by atoms with van der Waals surface area (Å²) >= 11 is 0. The summed E-state index contributed by atoms with van der Waals surface area (Å²) in [5.41, 5.74) is 0. The van der Waals surface area contributed by atoms with Crippen molar-refractivity contribution in [1.82, 2.24) is 10.6 Å². The molecular formula is C17H28N2O3Y2-4. The molecule has 0 saturated carbocycles. The Labute approximate surface area is 197 Å². The second-order valence-electron chi connectivity index (χ2n) is 5.40. The van der Waals surface area contributed by atoms with Crippen LogP contribution in [0.1, 0.15) is 52.4 Å². The van der Waals surface area contributed by atoms with Crippen molar-refractivity contribution in [2.75, 3.05) is 0 Å². The van der Waals surface area contributed by atoms with E-state index >= 15 is 0 Å². The van der Waals surface area contributed by atoms with E-state index in [9.17, 15) is 14.4 Å². The van der Waals surface area contributed by atoms with Gasteiger partial charge in [0.25, 0.3) is 0 Å². The Morgan fingerprint density at radius 1 is 1.04 bits per heavy atom. The number of Topliss-reactive ketones (excluding diaryl/α,β-unsaturated/α-hetero) is 2. The minimum atomic E-state index is -0.191. The van der Waals surface area contributed by atoms with Crippen LogP contribution < -0.4 is 10.6 Å². The Balaban J connectivity index is -0.000000360. The second-order valence-corrected chi connectivity index (χ2v) is 5.40. The van der Waals surface area contributed by atoms with E-state index in [1.54, 1.807) is 13.8 Å². The molecule has 0 bridgehead atoms. The van der Waals surface area contributed by atoms with Crippen molar-refractivity contribution in [2.24, 2.45) is 0 Å². The van der Waals surface area contributed by atoms with Crippen LogP contribution in [0.15, 0.2) is 0 Å². The Kier molecular flexibility index (Phi) is 22.9. The summed E-state index contributed by atoms with van der Waals surface area (Å²) in [5, 5.41) is 5.33. The minimum Gasteiger partial charge on any atom is -0.366 e. The van der Waals surface area contributed by atoms with Crippen LogP contribution in [0.25, 0.3) is 0 Å². The predicted molar refractivity (Wildman–Crippen MR) is 87.6 cm³/mol. The first-order valence-corrected chi connectivity index (χ1v) is 7.70. The molecule has 1 fully saturated rings. The van der Waals surface area contributed by atoms with Crippen molar-refractivity contribution in [3.63, 3.8) is 0 Å². The van der Waals surface area contributed by atoms with Crippen molar-refractivity contribution < 1.29 is 79.8 Å². The zero-order valence-electron chi connectivity index (χ0n) is 14.8. The Morgan fingerprint density at radius 2 is 1.58 bits per heavy atom. The van der Waals surface area contributed by atoms with E-state index in [2.05, 4.69) is 30.9 Å². The van der Waals surface area contributed by atoms with Gasteiger partial charge < -0.3 is 46.9 Å². The number of rotatable bonds is 9. The first-order chi connectivity index (χ1) is 10.4. The van der Waals surface area contributed by atoms with Gasteiger partial charge in [0.2, 0.25) is 0 Å². The van der Waals surface area contributed by atoms with Crippen LogP contribution in [0.4, 0.5) is 4.79 Å². The van der Waals surface area contributed by atoms with Crippen molar-refractivity contribution in [3.05, 3.63) is 26.7 Å². The fourth-order valence-electron chi connectivity index (χ4n) is 1.84. The fraction of sp³-hybridized carbons (Fsp3) is 0.588. The van der Waals surface area contributed by atoms with Crippen LogP contribution in [0.3, 0.4) is 0 Å². The third-order valence-corrected chi connectivity index (χ3v) is 3.07. The maximum absolute atomic E-state index is 10.8. The maximum atomic E-state index is 10.8. The summed E-state index contributed by atoms with van der Waals surface area (Å²) < 4.78 is 0. The number of carbonyl (C=O) groups is 3. The van der Waals surface area contributed by atoms with E-state index in [-0.39, 0.29) is 95.1 Å². The van der Waals surface area contributed by atoms with Gasteiger partial charge in [0.15, 0.2) is 0 Å². The van der Waals surface area contributed by atoms with E-state index in [1.807, 2.05) is 6.42 Å². The van der Waals surface area contributed by atoms with Crippen molar-refractivity contribution in [1.29, 1.82) is 0 Å². The average molecular weight is 486 g/mol. The van der Waals surface area contributed by atoms with Gasteiger partial charge in [0.05, 0.1) is 0 Å². The smallest absolute Gasteiger partial charge is 0.310 e. The van der Waals surface area contributed by atoms with Crippen molar-refractivity contribution in [2.45, 2.75) is 64.5 Å². The van der Waals surface area contributed by atoms with Gasteiger partial charge >= 0.3 is 6.03 Å². The summed E-state index contributed by atoms with van der Waals surface area (Å²) in [7, 11) is 0. The fourth-order valence-corrected chi connectivity index (χ4v) is 1.84. The van der Waals surface area contributed by atoms with E-state index in [1.165, 1.54) is 0 Å². The standard InChI is InChI=1S/C9H14N2O2.C8H14O.2Y/c1-6(12)4-3-5-8-7(2)10-9(13)11-8;1-3-4-5-6-7-8(2)9;;/h5,7-8H,2-4H2,1H3,(H2,10,11,13);5H,1,3-4,6-7H2,2H3;;/q2*-2;;. The van der Waals surface area contributed by atoms with Crippen molar-refractivity contribution in [3.8, 4) is 0 Å². The van der Waals surface area contributed by atoms with Crippen LogP contribution in [0.5, 0.6) is 0 Å². The summed E-state index contributed by atoms with van der Waals surface area (Å²) in [5.74, 6) is 0.435. The summed E-state index contributed by atoms with van der Waals surface area (Å²) in [6.45, 7) is 10.6. The average Bonchev–Trinajstić information content (AvgIpc) is 2.73. The molecule has 0 aliphatic carbocycles. The number of unbranched alkanes of at least 4 members (excludes halogenated alkanes) is 3. The molecule has 2 amide bonds. The zero-order valence-corrected chi connectivity index (χ0v) is 20.5. The van der Waals surface area contributed by atoms with E-state index in [4.69, 9.17) is 0 Å². The van der Waals surface area contributed by atoms with Gasteiger partial charge in [-0.3, -0.25) is 0 Å². The third kappa shape index (κ3) is 17.6. The Morgan fingerprint density at radius 3 is 2.00 bits per heavy atom. The Hall–Kier alpha value is 0.818. The molecule has 0 spiro atoms. The summed E-state index contributed by atoms with van der Waals surface area (Å²) in [4.78, 5) is 31.8. The quantitative estimate of drug-likeness (QED) is 0.389. The second kappa shape index (κ2) is 18.6. The largest absolute Gasteiger partial charge is 0.366 e.